The van der Waals surface area contributed by atoms with Gasteiger partial charge in [-0.05, 0) is 26.2 Å². The Labute approximate surface area is 93.0 Å². The molecule has 1 aliphatic rings. The lowest BCUT2D eigenvalue weighted by Gasteiger charge is -2.30. The number of hydrogen-bond acceptors (Lipinski definition) is 5. The highest BCUT2D eigenvalue weighted by Crippen LogP contribution is 2.24. The van der Waals surface area contributed by atoms with Crippen LogP contribution in [-0.2, 0) is 4.79 Å². The van der Waals surface area contributed by atoms with E-state index in [1.165, 1.54) is 6.21 Å². The number of allylic oxidation sites excluding steroid dienone is 1. The summed E-state index contributed by atoms with van der Waals surface area (Å²) in [7, 11) is 0. The van der Waals surface area contributed by atoms with Crippen LogP contribution in [-0.4, -0.2) is 34.6 Å². The molecule has 0 radical (unpaired) electrons. The van der Waals surface area contributed by atoms with E-state index in [2.05, 4.69) is 15.6 Å². The van der Waals surface area contributed by atoms with Gasteiger partial charge in [0.25, 0.3) is 4.99 Å². The second kappa shape index (κ2) is 4.57. The number of thioether (sulfide) groups is 1. The van der Waals surface area contributed by atoms with Gasteiger partial charge in [0, 0.05) is 12.3 Å². The molecule has 6 heteroatoms. The number of carbonyl (C=O) groups is 1. The Morgan fingerprint density at radius 1 is 1.73 bits per heavy atom. The van der Waals surface area contributed by atoms with Crippen molar-refractivity contribution in [2.24, 2.45) is 4.99 Å². The molecule has 15 heavy (non-hydrogen) atoms. The summed E-state index contributed by atoms with van der Waals surface area (Å²) in [5.41, 5.74) is 0. The lowest BCUT2D eigenvalue weighted by atomic mass is 10.3. The molecule has 5 nitrogen and oxygen atoms in total. The van der Waals surface area contributed by atoms with Gasteiger partial charge >= 0.3 is 5.97 Å². The standard InChI is InChI=1S/C9H15N3O2S/c1-6(2)11-7-4-5-10-9(12-7,15-3)8(13)14/h4-6,11-12H,1-3H3,(H,13,14). The molecular formula is C9H15N3O2S. The summed E-state index contributed by atoms with van der Waals surface area (Å²) < 4.78 is 0. The van der Waals surface area contributed by atoms with Crippen molar-refractivity contribution >= 4 is 23.9 Å². The Morgan fingerprint density at radius 3 is 2.87 bits per heavy atom. The summed E-state index contributed by atoms with van der Waals surface area (Å²) in [4.78, 5) is 13.7. The zero-order valence-electron chi connectivity index (χ0n) is 8.94. The molecule has 0 aromatic heterocycles. The lowest BCUT2D eigenvalue weighted by Crippen LogP contribution is -2.51. The van der Waals surface area contributed by atoms with Gasteiger partial charge in [0.2, 0.25) is 0 Å². The molecule has 0 fully saturated rings. The van der Waals surface area contributed by atoms with Gasteiger partial charge in [-0.1, -0.05) is 0 Å². The summed E-state index contributed by atoms with van der Waals surface area (Å²) in [5.74, 6) is -0.320. The van der Waals surface area contributed by atoms with Crippen LogP contribution in [0.5, 0.6) is 0 Å². The molecule has 0 bridgehead atoms. The number of nitrogens with one attached hydrogen (secondary N) is 2. The number of nitrogens with zero attached hydrogens (tertiary/aromatic N) is 1. The van der Waals surface area contributed by atoms with Crippen molar-refractivity contribution in [3.05, 3.63) is 11.9 Å². The van der Waals surface area contributed by atoms with Crippen LogP contribution in [0.3, 0.4) is 0 Å². The van der Waals surface area contributed by atoms with Crippen molar-refractivity contribution in [2.75, 3.05) is 6.26 Å². The third kappa shape index (κ3) is 2.65. The fraction of sp³-hybridized carbons (Fsp3) is 0.556. The number of rotatable bonds is 4. The molecule has 3 N–H and O–H groups in total. The van der Waals surface area contributed by atoms with E-state index in [0.29, 0.717) is 5.82 Å². The highest BCUT2D eigenvalue weighted by atomic mass is 32.2. The third-order valence-electron chi connectivity index (χ3n) is 1.83. The van der Waals surface area contributed by atoms with Crippen molar-refractivity contribution in [3.8, 4) is 0 Å². The zero-order chi connectivity index (χ0) is 11.5. The smallest absolute Gasteiger partial charge is 0.363 e. The third-order valence-corrected chi connectivity index (χ3v) is 2.80. The molecule has 1 heterocycles. The maximum Gasteiger partial charge on any atom is 0.363 e. The van der Waals surface area contributed by atoms with Crippen LogP contribution in [0.25, 0.3) is 0 Å². The average Bonchev–Trinajstić information content (AvgIpc) is 2.16. The van der Waals surface area contributed by atoms with Crippen LogP contribution in [0.4, 0.5) is 0 Å². The van der Waals surface area contributed by atoms with E-state index in [1.807, 2.05) is 13.8 Å². The first kappa shape index (κ1) is 11.9. The van der Waals surface area contributed by atoms with Crippen molar-refractivity contribution in [3.63, 3.8) is 0 Å². The summed E-state index contributed by atoms with van der Waals surface area (Å²) >= 11 is 1.14. The molecule has 0 saturated heterocycles. The Bertz CT molecular complexity index is 314. The highest BCUT2D eigenvalue weighted by Gasteiger charge is 2.39. The Morgan fingerprint density at radius 2 is 2.40 bits per heavy atom. The molecule has 0 saturated carbocycles. The van der Waals surface area contributed by atoms with E-state index >= 15 is 0 Å². The van der Waals surface area contributed by atoms with E-state index in [1.54, 1.807) is 12.3 Å². The SMILES string of the molecule is CSC1(C(=O)O)N=CC=C(NC(C)C)N1. The van der Waals surface area contributed by atoms with Gasteiger partial charge in [-0.15, -0.1) is 11.8 Å². The molecule has 1 aliphatic heterocycles. The molecule has 0 spiro atoms. The largest absolute Gasteiger partial charge is 0.477 e. The second-order valence-electron chi connectivity index (χ2n) is 3.44. The summed E-state index contributed by atoms with van der Waals surface area (Å²) in [6, 6.07) is 0.239. The quantitative estimate of drug-likeness (QED) is 0.658. The Kier molecular flexibility index (Phi) is 3.62. The molecule has 1 rings (SSSR count). The van der Waals surface area contributed by atoms with E-state index in [4.69, 9.17) is 5.11 Å². The van der Waals surface area contributed by atoms with Gasteiger partial charge in [-0.25, -0.2) is 9.79 Å². The van der Waals surface area contributed by atoms with Crippen LogP contribution in [0.15, 0.2) is 16.9 Å². The topological polar surface area (TPSA) is 73.7 Å². The van der Waals surface area contributed by atoms with Crippen LogP contribution in [0, 0.1) is 0 Å². The number of carboxylic acids is 1. The summed E-state index contributed by atoms with van der Waals surface area (Å²) in [5, 5.41) is 15.1. The first-order valence-corrected chi connectivity index (χ1v) is 5.81. The summed E-state index contributed by atoms with van der Waals surface area (Å²) in [6.45, 7) is 3.96. The van der Waals surface area contributed by atoms with Crippen molar-refractivity contribution < 1.29 is 9.90 Å². The van der Waals surface area contributed by atoms with Gasteiger partial charge in [0.05, 0.1) is 0 Å². The molecule has 0 aromatic carbocycles. The molecule has 0 amide bonds. The number of hydrogen-bond donors (Lipinski definition) is 3. The normalized spacial score (nSPS) is 24.7. The first-order chi connectivity index (χ1) is 7.00. The first-order valence-electron chi connectivity index (χ1n) is 4.59. The molecule has 1 atom stereocenters. The van der Waals surface area contributed by atoms with Gasteiger partial charge < -0.3 is 15.7 Å². The van der Waals surface area contributed by atoms with Crippen LogP contribution >= 0.6 is 11.8 Å². The Hall–Kier alpha value is -1.17. The van der Waals surface area contributed by atoms with E-state index in [9.17, 15) is 4.79 Å². The maximum atomic E-state index is 11.1. The minimum absolute atomic E-state index is 0.239. The average molecular weight is 229 g/mol. The minimum Gasteiger partial charge on any atom is -0.477 e. The monoisotopic (exact) mass is 229 g/mol. The summed E-state index contributed by atoms with van der Waals surface area (Å²) in [6.07, 6.45) is 4.93. The Balaban J connectivity index is 2.80. The van der Waals surface area contributed by atoms with Gasteiger partial charge in [0.15, 0.2) is 0 Å². The molecular weight excluding hydrogens is 214 g/mol. The van der Waals surface area contributed by atoms with Crippen molar-refractivity contribution in [1.82, 2.24) is 10.6 Å². The van der Waals surface area contributed by atoms with Crippen LogP contribution in [0.1, 0.15) is 13.8 Å². The number of carboxylic acid groups (broad SMARTS) is 1. The van der Waals surface area contributed by atoms with E-state index < -0.39 is 11.0 Å². The fourth-order valence-corrected chi connectivity index (χ4v) is 1.72. The van der Waals surface area contributed by atoms with Gasteiger partial charge in [-0.3, -0.25) is 0 Å². The van der Waals surface area contributed by atoms with Crippen LogP contribution < -0.4 is 10.6 Å². The molecule has 0 aromatic rings. The van der Waals surface area contributed by atoms with E-state index in [-0.39, 0.29) is 6.04 Å². The molecule has 1 unspecified atom stereocenters. The van der Waals surface area contributed by atoms with Crippen molar-refractivity contribution in [1.29, 1.82) is 0 Å². The predicted molar refractivity (Wildman–Crippen MR) is 61.9 cm³/mol. The maximum absolute atomic E-state index is 11.1. The van der Waals surface area contributed by atoms with E-state index in [0.717, 1.165) is 11.8 Å². The lowest BCUT2D eigenvalue weighted by molar-refractivity contribution is -0.140. The van der Waals surface area contributed by atoms with Crippen molar-refractivity contribution in [2.45, 2.75) is 24.9 Å². The predicted octanol–water partition coefficient (Wildman–Crippen LogP) is 0.601. The van der Waals surface area contributed by atoms with Gasteiger partial charge in [-0.2, -0.15) is 0 Å². The zero-order valence-corrected chi connectivity index (χ0v) is 9.76. The number of aliphatic imine (C=N–C) groups is 1. The van der Waals surface area contributed by atoms with Crippen LogP contribution in [0.2, 0.25) is 0 Å². The minimum atomic E-state index is -1.30. The molecule has 0 aliphatic carbocycles. The molecule has 84 valence electrons. The second-order valence-corrected chi connectivity index (χ2v) is 4.43. The number of aliphatic carboxylic acids is 1. The fourth-order valence-electron chi connectivity index (χ4n) is 1.17. The highest BCUT2D eigenvalue weighted by molar-refractivity contribution is 8.00. The van der Waals surface area contributed by atoms with Gasteiger partial charge in [0.1, 0.15) is 5.82 Å².